The van der Waals surface area contributed by atoms with Gasteiger partial charge in [-0.05, 0) is 6.07 Å². The minimum Gasteiger partial charge on any atom is -0.370 e. The fraction of sp³-hybridized carbons (Fsp3) is 0.278. The van der Waals surface area contributed by atoms with Gasteiger partial charge in [-0.25, -0.2) is 9.97 Å². The second-order valence-corrected chi connectivity index (χ2v) is 5.86. The first kappa shape index (κ1) is 14.8. The van der Waals surface area contributed by atoms with Gasteiger partial charge in [0, 0.05) is 43.7 Å². The quantitative estimate of drug-likeness (QED) is 0.742. The fourth-order valence-corrected chi connectivity index (χ4v) is 2.92. The van der Waals surface area contributed by atoms with Crippen LogP contribution in [0.15, 0.2) is 55.0 Å². The summed E-state index contributed by atoms with van der Waals surface area (Å²) in [6, 6.07) is 12.0. The molecule has 0 N–H and O–H groups in total. The third kappa shape index (κ3) is 3.00. The number of aryl methyl sites for hydroxylation is 1. The summed E-state index contributed by atoms with van der Waals surface area (Å²) < 4.78 is 7.71. The Hall–Kier alpha value is -2.73. The van der Waals surface area contributed by atoms with Crippen LogP contribution in [0.25, 0.3) is 11.4 Å². The number of rotatable bonds is 3. The molecule has 1 saturated heterocycles. The van der Waals surface area contributed by atoms with Crippen molar-refractivity contribution in [1.29, 1.82) is 0 Å². The molecule has 0 bridgehead atoms. The first-order valence-corrected chi connectivity index (χ1v) is 8.03. The molecular formula is C18H19N5O. The maximum atomic E-state index is 5.91. The Labute approximate surface area is 140 Å². The zero-order valence-corrected chi connectivity index (χ0v) is 13.5. The number of ether oxygens (including phenoxy) is 1. The second kappa shape index (κ2) is 6.41. The van der Waals surface area contributed by atoms with E-state index < -0.39 is 0 Å². The number of benzene rings is 1. The van der Waals surface area contributed by atoms with E-state index in [1.54, 1.807) is 4.68 Å². The Morgan fingerprint density at radius 2 is 2.04 bits per heavy atom. The second-order valence-electron chi connectivity index (χ2n) is 5.86. The van der Waals surface area contributed by atoms with Gasteiger partial charge in [-0.1, -0.05) is 30.3 Å². The predicted octanol–water partition coefficient (Wildman–Crippen LogP) is 2.46. The lowest BCUT2D eigenvalue weighted by molar-refractivity contribution is 0.0395. The third-order valence-electron chi connectivity index (χ3n) is 4.16. The van der Waals surface area contributed by atoms with Crippen LogP contribution in [-0.2, 0) is 11.8 Å². The smallest absolute Gasteiger partial charge is 0.161 e. The molecule has 1 unspecified atom stereocenters. The molecule has 3 heterocycles. The van der Waals surface area contributed by atoms with Crippen LogP contribution >= 0.6 is 0 Å². The van der Waals surface area contributed by atoms with Crippen LogP contribution in [0.2, 0.25) is 0 Å². The average Bonchev–Trinajstić information content (AvgIpc) is 3.09. The Bertz CT molecular complexity index is 817. The van der Waals surface area contributed by atoms with E-state index in [-0.39, 0.29) is 6.10 Å². The summed E-state index contributed by atoms with van der Waals surface area (Å²) in [4.78, 5) is 11.4. The first-order chi connectivity index (χ1) is 11.8. The van der Waals surface area contributed by atoms with Crippen molar-refractivity contribution in [2.45, 2.75) is 6.10 Å². The maximum Gasteiger partial charge on any atom is 0.161 e. The highest BCUT2D eigenvalue weighted by molar-refractivity contribution is 5.57. The van der Waals surface area contributed by atoms with Crippen LogP contribution in [0.5, 0.6) is 0 Å². The summed E-state index contributed by atoms with van der Waals surface area (Å²) in [5, 5.41) is 4.24. The van der Waals surface area contributed by atoms with Crippen molar-refractivity contribution in [3.63, 3.8) is 0 Å². The molecule has 0 amide bonds. The summed E-state index contributed by atoms with van der Waals surface area (Å²) in [5.41, 5.74) is 2.12. The molecule has 0 spiro atoms. The molecule has 1 fully saturated rings. The van der Waals surface area contributed by atoms with E-state index in [0.717, 1.165) is 35.9 Å². The van der Waals surface area contributed by atoms with Crippen LogP contribution < -0.4 is 4.90 Å². The molecule has 1 aliphatic rings. The van der Waals surface area contributed by atoms with Crippen molar-refractivity contribution in [2.75, 3.05) is 24.6 Å². The van der Waals surface area contributed by atoms with E-state index in [1.165, 1.54) is 0 Å². The number of hydrogen-bond acceptors (Lipinski definition) is 5. The molecule has 1 aromatic carbocycles. The van der Waals surface area contributed by atoms with E-state index in [9.17, 15) is 0 Å². The van der Waals surface area contributed by atoms with Gasteiger partial charge < -0.3 is 9.64 Å². The first-order valence-electron chi connectivity index (χ1n) is 8.03. The van der Waals surface area contributed by atoms with Crippen LogP contribution in [-0.4, -0.2) is 39.4 Å². The molecule has 24 heavy (non-hydrogen) atoms. The number of anilines is 1. The normalized spacial score (nSPS) is 17.9. The Balaban J connectivity index is 1.57. The molecule has 2 aromatic heterocycles. The predicted molar refractivity (Wildman–Crippen MR) is 91.6 cm³/mol. The maximum absolute atomic E-state index is 5.91. The lowest BCUT2D eigenvalue weighted by atomic mass is 10.1. The van der Waals surface area contributed by atoms with Crippen LogP contribution in [0.4, 0.5) is 5.82 Å². The lowest BCUT2D eigenvalue weighted by Crippen LogP contribution is -2.38. The number of nitrogens with zero attached hydrogens (tertiary/aromatic N) is 5. The zero-order valence-electron chi connectivity index (χ0n) is 13.5. The molecule has 0 aliphatic carbocycles. The summed E-state index contributed by atoms with van der Waals surface area (Å²) in [6.45, 7) is 2.25. The summed E-state index contributed by atoms with van der Waals surface area (Å²) >= 11 is 0. The molecule has 0 radical (unpaired) electrons. The van der Waals surface area contributed by atoms with Crippen molar-refractivity contribution in [2.24, 2.45) is 7.05 Å². The molecule has 1 aliphatic heterocycles. The summed E-state index contributed by atoms with van der Waals surface area (Å²) in [6.07, 6.45) is 5.70. The van der Waals surface area contributed by atoms with Gasteiger partial charge in [-0.2, -0.15) is 5.10 Å². The topological polar surface area (TPSA) is 56.1 Å². The van der Waals surface area contributed by atoms with E-state index >= 15 is 0 Å². The van der Waals surface area contributed by atoms with E-state index in [2.05, 4.69) is 15.0 Å². The Kier molecular flexibility index (Phi) is 3.96. The highest BCUT2D eigenvalue weighted by atomic mass is 16.5. The SMILES string of the molecule is Cn1cc(C2CN(c3ccnc(-c4ccccc4)n3)CCO2)cn1. The third-order valence-corrected chi connectivity index (χ3v) is 4.16. The van der Waals surface area contributed by atoms with Gasteiger partial charge in [0.05, 0.1) is 12.8 Å². The molecule has 1 atom stereocenters. The van der Waals surface area contributed by atoms with Gasteiger partial charge in [0.1, 0.15) is 11.9 Å². The van der Waals surface area contributed by atoms with Crippen LogP contribution in [0.1, 0.15) is 11.7 Å². The molecule has 4 rings (SSSR count). The van der Waals surface area contributed by atoms with Gasteiger partial charge in [0.2, 0.25) is 0 Å². The van der Waals surface area contributed by atoms with Crippen LogP contribution in [0, 0.1) is 0 Å². The number of morpholine rings is 1. The van der Waals surface area contributed by atoms with Crippen molar-refractivity contribution >= 4 is 5.82 Å². The minimum absolute atomic E-state index is 0.0163. The highest BCUT2D eigenvalue weighted by Gasteiger charge is 2.24. The van der Waals surface area contributed by atoms with Crippen molar-refractivity contribution in [1.82, 2.24) is 19.7 Å². The van der Waals surface area contributed by atoms with Gasteiger partial charge in [0.25, 0.3) is 0 Å². The monoisotopic (exact) mass is 321 g/mol. The van der Waals surface area contributed by atoms with Gasteiger partial charge in [0.15, 0.2) is 5.82 Å². The van der Waals surface area contributed by atoms with Crippen molar-refractivity contribution in [3.05, 3.63) is 60.6 Å². The number of aromatic nitrogens is 4. The minimum atomic E-state index is 0.0163. The van der Waals surface area contributed by atoms with Gasteiger partial charge in [-0.15, -0.1) is 0 Å². The summed E-state index contributed by atoms with van der Waals surface area (Å²) in [5.74, 6) is 1.68. The molecule has 6 heteroatoms. The highest BCUT2D eigenvalue weighted by Crippen LogP contribution is 2.25. The van der Waals surface area contributed by atoms with E-state index in [1.807, 2.05) is 62.0 Å². The van der Waals surface area contributed by atoms with Crippen LogP contribution in [0.3, 0.4) is 0 Å². The Morgan fingerprint density at radius 3 is 2.83 bits per heavy atom. The van der Waals surface area contributed by atoms with E-state index in [0.29, 0.717) is 6.61 Å². The van der Waals surface area contributed by atoms with Crippen molar-refractivity contribution in [3.8, 4) is 11.4 Å². The molecule has 6 nitrogen and oxygen atoms in total. The average molecular weight is 321 g/mol. The molecule has 122 valence electrons. The summed E-state index contributed by atoms with van der Waals surface area (Å²) in [7, 11) is 1.92. The standard InChI is InChI=1S/C18H19N5O/c1-22-12-15(11-20-22)16-13-23(9-10-24-16)17-7-8-19-18(21-17)14-5-3-2-4-6-14/h2-8,11-12,16H,9-10,13H2,1H3. The fourth-order valence-electron chi connectivity index (χ4n) is 2.92. The number of hydrogen-bond donors (Lipinski definition) is 0. The van der Waals surface area contributed by atoms with Crippen molar-refractivity contribution < 1.29 is 4.74 Å². The van der Waals surface area contributed by atoms with Gasteiger partial charge >= 0.3 is 0 Å². The lowest BCUT2D eigenvalue weighted by Gasteiger charge is -2.33. The largest absolute Gasteiger partial charge is 0.370 e. The molecular weight excluding hydrogens is 302 g/mol. The molecule has 3 aromatic rings. The van der Waals surface area contributed by atoms with Gasteiger partial charge in [-0.3, -0.25) is 4.68 Å². The molecule has 0 saturated carbocycles. The zero-order chi connectivity index (χ0) is 16.4. The van der Waals surface area contributed by atoms with E-state index in [4.69, 9.17) is 9.72 Å². The Morgan fingerprint density at radius 1 is 1.17 bits per heavy atom.